The van der Waals surface area contributed by atoms with Gasteiger partial charge in [-0.05, 0) is 32.2 Å². The van der Waals surface area contributed by atoms with Crippen LogP contribution in [0.2, 0.25) is 0 Å². The average Bonchev–Trinajstić information content (AvgIpc) is 2.53. The first-order valence-corrected chi connectivity index (χ1v) is 5.30. The minimum Gasteiger partial charge on any atom is -0.386 e. The Kier molecular flexibility index (Phi) is 3.72. The van der Waals surface area contributed by atoms with E-state index >= 15 is 0 Å². The molecule has 1 saturated heterocycles. The molecule has 3 nitrogen and oxygen atoms in total. The molecular formula is C10H21N3. The molecule has 2 unspecified atom stereocenters. The van der Waals surface area contributed by atoms with E-state index < -0.39 is 0 Å². The zero-order chi connectivity index (χ0) is 9.84. The summed E-state index contributed by atoms with van der Waals surface area (Å²) in [7, 11) is 0. The number of amidine groups is 1. The molecule has 1 aliphatic rings. The van der Waals surface area contributed by atoms with Crippen LogP contribution in [0.3, 0.4) is 0 Å². The van der Waals surface area contributed by atoms with Crippen molar-refractivity contribution in [2.24, 2.45) is 5.73 Å². The lowest BCUT2D eigenvalue weighted by Gasteiger charge is -2.31. The number of rotatable bonds is 4. The van der Waals surface area contributed by atoms with Crippen molar-refractivity contribution in [1.29, 1.82) is 5.41 Å². The quantitative estimate of drug-likeness (QED) is 0.513. The van der Waals surface area contributed by atoms with Crippen LogP contribution in [-0.2, 0) is 0 Å². The lowest BCUT2D eigenvalue weighted by molar-refractivity contribution is 0.212. The predicted molar refractivity (Wildman–Crippen MR) is 56.0 cm³/mol. The van der Waals surface area contributed by atoms with Crippen LogP contribution in [0.1, 0.15) is 39.5 Å². The summed E-state index contributed by atoms with van der Waals surface area (Å²) in [4.78, 5) is 2.41. The SMILES string of the molecule is CCC1CCCN1C(CC)C(=N)N. The highest BCUT2D eigenvalue weighted by atomic mass is 15.2. The molecular weight excluding hydrogens is 162 g/mol. The monoisotopic (exact) mass is 183 g/mol. The zero-order valence-electron chi connectivity index (χ0n) is 8.71. The molecule has 1 aliphatic heterocycles. The zero-order valence-corrected chi connectivity index (χ0v) is 8.71. The highest BCUT2D eigenvalue weighted by Crippen LogP contribution is 2.23. The van der Waals surface area contributed by atoms with Gasteiger partial charge in [-0.25, -0.2) is 0 Å². The summed E-state index contributed by atoms with van der Waals surface area (Å²) >= 11 is 0. The number of nitrogens with two attached hydrogens (primary N) is 1. The molecule has 0 spiro atoms. The van der Waals surface area contributed by atoms with Crippen molar-refractivity contribution in [2.75, 3.05) is 6.54 Å². The van der Waals surface area contributed by atoms with Crippen molar-refractivity contribution >= 4 is 5.84 Å². The van der Waals surface area contributed by atoms with E-state index in [0.29, 0.717) is 11.9 Å². The molecule has 3 N–H and O–H groups in total. The van der Waals surface area contributed by atoms with Crippen molar-refractivity contribution in [1.82, 2.24) is 4.90 Å². The van der Waals surface area contributed by atoms with Gasteiger partial charge >= 0.3 is 0 Å². The van der Waals surface area contributed by atoms with Gasteiger partial charge in [-0.2, -0.15) is 0 Å². The van der Waals surface area contributed by atoms with Crippen molar-refractivity contribution in [2.45, 2.75) is 51.6 Å². The molecule has 0 aliphatic carbocycles. The van der Waals surface area contributed by atoms with Crippen molar-refractivity contribution in [3.05, 3.63) is 0 Å². The summed E-state index contributed by atoms with van der Waals surface area (Å²) in [6.07, 6.45) is 4.69. The smallest absolute Gasteiger partial charge is 0.108 e. The Labute approximate surface area is 80.8 Å². The third kappa shape index (κ3) is 2.21. The Balaban J connectivity index is 2.61. The molecule has 0 aromatic heterocycles. The maximum absolute atomic E-state index is 7.52. The lowest BCUT2D eigenvalue weighted by atomic mass is 10.1. The van der Waals surface area contributed by atoms with Gasteiger partial charge < -0.3 is 5.73 Å². The molecule has 76 valence electrons. The Morgan fingerprint density at radius 1 is 1.62 bits per heavy atom. The first-order chi connectivity index (χ1) is 6.20. The van der Waals surface area contributed by atoms with Crippen LogP contribution < -0.4 is 5.73 Å². The first kappa shape index (κ1) is 10.5. The molecule has 0 radical (unpaired) electrons. The Hall–Kier alpha value is -0.570. The van der Waals surface area contributed by atoms with E-state index in [1.807, 2.05) is 0 Å². The average molecular weight is 183 g/mol. The van der Waals surface area contributed by atoms with Gasteiger partial charge in [0.1, 0.15) is 5.84 Å². The molecule has 1 rings (SSSR count). The summed E-state index contributed by atoms with van der Waals surface area (Å²) in [6, 6.07) is 0.848. The number of nitrogens with one attached hydrogen (secondary N) is 1. The number of hydrogen-bond acceptors (Lipinski definition) is 2. The van der Waals surface area contributed by atoms with E-state index in [2.05, 4.69) is 18.7 Å². The van der Waals surface area contributed by atoms with Gasteiger partial charge in [0.15, 0.2) is 0 Å². The van der Waals surface area contributed by atoms with Crippen LogP contribution in [0.15, 0.2) is 0 Å². The molecule has 2 atom stereocenters. The minimum atomic E-state index is 0.187. The molecule has 0 amide bonds. The van der Waals surface area contributed by atoms with Crippen LogP contribution in [0, 0.1) is 5.41 Å². The molecule has 1 fully saturated rings. The fourth-order valence-electron chi connectivity index (χ4n) is 2.34. The van der Waals surface area contributed by atoms with E-state index in [0.717, 1.165) is 13.0 Å². The molecule has 0 bridgehead atoms. The van der Waals surface area contributed by atoms with Crippen LogP contribution in [0.25, 0.3) is 0 Å². The Morgan fingerprint density at radius 2 is 2.31 bits per heavy atom. The van der Waals surface area contributed by atoms with Crippen molar-refractivity contribution in [3.8, 4) is 0 Å². The third-order valence-electron chi connectivity index (χ3n) is 3.04. The number of hydrogen-bond donors (Lipinski definition) is 2. The maximum atomic E-state index is 7.52. The second-order valence-corrected chi connectivity index (χ2v) is 3.82. The fraction of sp³-hybridized carbons (Fsp3) is 0.900. The van der Waals surface area contributed by atoms with Gasteiger partial charge in [0.25, 0.3) is 0 Å². The summed E-state index contributed by atoms with van der Waals surface area (Å²) in [5.41, 5.74) is 5.59. The maximum Gasteiger partial charge on any atom is 0.108 e. The van der Waals surface area contributed by atoms with Gasteiger partial charge in [0.05, 0.1) is 6.04 Å². The Morgan fingerprint density at radius 3 is 2.77 bits per heavy atom. The first-order valence-electron chi connectivity index (χ1n) is 5.30. The molecule has 0 saturated carbocycles. The lowest BCUT2D eigenvalue weighted by Crippen LogP contribution is -2.46. The van der Waals surface area contributed by atoms with Gasteiger partial charge in [0, 0.05) is 6.04 Å². The van der Waals surface area contributed by atoms with Crippen LogP contribution >= 0.6 is 0 Å². The highest BCUT2D eigenvalue weighted by molar-refractivity contribution is 5.82. The molecule has 1 heterocycles. The van der Waals surface area contributed by atoms with E-state index in [9.17, 15) is 0 Å². The van der Waals surface area contributed by atoms with Crippen LogP contribution in [0.4, 0.5) is 0 Å². The topological polar surface area (TPSA) is 53.1 Å². The molecule has 0 aromatic carbocycles. The minimum absolute atomic E-state index is 0.187. The molecule has 3 heteroatoms. The summed E-state index contributed by atoms with van der Waals surface area (Å²) in [5, 5.41) is 7.52. The molecule has 0 aromatic rings. The van der Waals surface area contributed by atoms with Crippen LogP contribution in [0.5, 0.6) is 0 Å². The van der Waals surface area contributed by atoms with E-state index in [1.165, 1.54) is 19.3 Å². The van der Waals surface area contributed by atoms with Crippen LogP contribution in [-0.4, -0.2) is 29.4 Å². The molecule has 13 heavy (non-hydrogen) atoms. The van der Waals surface area contributed by atoms with E-state index in [1.54, 1.807) is 0 Å². The van der Waals surface area contributed by atoms with E-state index in [-0.39, 0.29) is 6.04 Å². The van der Waals surface area contributed by atoms with Gasteiger partial charge in [-0.3, -0.25) is 10.3 Å². The number of nitrogens with zero attached hydrogens (tertiary/aromatic N) is 1. The standard InChI is InChI=1S/C10H21N3/c1-3-8-6-5-7-13(8)9(4-2)10(11)12/h8-9H,3-7H2,1-2H3,(H3,11,12). The normalized spacial score (nSPS) is 26.2. The predicted octanol–water partition coefficient (Wildman–Crippen LogP) is 1.58. The summed E-state index contributed by atoms with van der Waals surface area (Å²) < 4.78 is 0. The fourth-order valence-corrected chi connectivity index (χ4v) is 2.34. The van der Waals surface area contributed by atoms with Gasteiger partial charge in [-0.15, -0.1) is 0 Å². The second kappa shape index (κ2) is 4.61. The largest absolute Gasteiger partial charge is 0.386 e. The van der Waals surface area contributed by atoms with E-state index in [4.69, 9.17) is 11.1 Å². The summed E-state index contributed by atoms with van der Waals surface area (Å²) in [5.74, 6) is 0.336. The van der Waals surface area contributed by atoms with Gasteiger partial charge in [-0.1, -0.05) is 13.8 Å². The third-order valence-corrected chi connectivity index (χ3v) is 3.04. The Bertz CT molecular complexity index is 179. The second-order valence-electron chi connectivity index (χ2n) is 3.82. The summed E-state index contributed by atoms with van der Waals surface area (Å²) in [6.45, 7) is 5.45. The highest BCUT2D eigenvalue weighted by Gasteiger charge is 2.29. The van der Waals surface area contributed by atoms with Crippen molar-refractivity contribution < 1.29 is 0 Å². The van der Waals surface area contributed by atoms with Crippen molar-refractivity contribution in [3.63, 3.8) is 0 Å². The number of likely N-dealkylation sites (tertiary alicyclic amines) is 1. The van der Waals surface area contributed by atoms with Gasteiger partial charge in [0.2, 0.25) is 0 Å².